The fraction of sp³-hybridized carbons (Fsp3) is 0.385. The van der Waals surface area contributed by atoms with Gasteiger partial charge in [-0.3, -0.25) is 24.6 Å². The van der Waals surface area contributed by atoms with Gasteiger partial charge < -0.3 is 14.6 Å². The zero-order chi connectivity index (χ0) is 29.3. The van der Waals surface area contributed by atoms with Crippen molar-refractivity contribution in [1.82, 2.24) is 10.2 Å². The Morgan fingerprint density at radius 2 is 1.77 bits per heavy atom. The summed E-state index contributed by atoms with van der Waals surface area (Å²) in [6.45, 7) is 3.63. The molecule has 3 unspecified atom stereocenters. The molecule has 9 nitrogen and oxygen atoms in total. The van der Waals surface area contributed by atoms with Crippen LogP contribution in [0.25, 0.3) is 11.1 Å². The summed E-state index contributed by atoms with van der Waals surface area (Å²) < 4.78 is 42.4. The maximum absolute atomic E-state index is 13.2. The van der Waals surface area contributed by atoms with Gasteiger partial charge in [-0.05, 0) is 43.2 Å². The number of nitrogens with one attached hydrogen (secondary N) is 1. The van der Waals surface area contributed by atoms with Crippen molar-refractivity contribution in [1.29, 1.82) is 0 Å². The van der Waals surface area contributed by atoms with E-state index in [9.17, 15) is 27.6 Å². The Morgan fingerprint density at radius 3 is 2.28 bits per heavy atom. The lowest BCUT2D eigenvalue weighted by Crippen LogP contribution is -2.53. The van der Waals surface area contributed by atoms with Crippen LogP contribution in [-0.4, -0.2) is 66.2 Å². The van der Waals surface area contributed by atoms with Crippen LogP contribution in [0.15, 0.2) is 42.5 Å². The van der Waals surface area contributed by atoms with E-state index in [-0.39, 0.29) is 18.4 Å². The molecule has 0 radical (unpaired) electrons. The average Bonchev–Trinajstić information content (AvgIpc) is 3.35. The van der Waals surface area contributed by atoms with Crippen LogP contribution in [0.1, 0.15) is 25.5 Å². The van der Waals surface area contributed by atoms with E-state index < -0.39 is 41.5 Å². The molecule has 2 aliphatic heterocycles. The first kappa shape index (κ1) is 29.9. The van der Waals surface area contributed by atoms with Crippen molar-refractivity contribution in [3.05, 3.63) is 53.1 Å². The fourth-order valence-corrected chi connectivity index (χ4v) is 5.18. The highest BCUT2D eigenvalue weighted by molar-refractivity contribution is 6.30. The Kier molecular flexibility index (Phi) is 8.61. The highest BCUT2D eigenvalue weighted by Gasteiger charge is 2.66. The smallest absolute Gasteiger partial charge is 0.490 e. The highest BCUT2D eigenvalue weighted by Crippen LogP contribution is 2.49. The summed E-state index contributed by atoms with van der Waals surface area (Å²) in [5, 5.41) is 11.0. The lowest BCUT2D eigenvalue weighted by Gasteiger charge is -2.28. The number of rotatable bonds is 5. The second-order valence-corrected chi connectivity index (χ2v) is 9.45. The van der Waals surface area contributed by atoms with E-state index in [1.807, 2.05) is 36.4 Å². The minimum absolute atomic E-state index is 0.256. The van der Waals surface area contributed by atoms with Gasteiger partial charge in [0.1, 0.15) is 11.3 Å². The molecule has 4 rings (SSSR count). The first-order valence-corrected chi connectivity index (χ1v) is 12.0. The normalized spacial score (nSPS) is 24.1. The topological polar surface area (TPSA) is 122 Å². The molecule has 2 fully saturated rings. The molecule has 2 aliphatic rings. The van der Waals surface area contributed by atoms with E-state index in [4.69, 9.17) is 31.0 Å². The van der Waals surface area contributed by atoms with Crippen molar-refractivity contribution in [2.75, 3.05) is 20.8 Å². The van der Waals surface area contributed by atoms with Crippen LogP contribution in [-0.2, 0) is 23.9 Å². The molecule has 0 saturated carbocycles. The van der Waals surface area contributed by atoms with Crippen LogP contribution in [0.5, 0.6) is 5.75 Å². The summed E-state index contributed by atoms with van der Waals surface area (Å²) in [6, 6.07) is 12.5. The number of hydrogen-bond donors (Lipinski definition) is 2. The molecule has 0 bridgehead atoms. The van der Waals surface area contributed by atoms with Gasteiger partial charge in [-0.25, -0.2) is 4.79 Å². The summed E-state index contributed by atoms with van der Waals surface area (Å²) >= 11 is 6.15. The van der Waals surface area contributed by atoms with Crippen molar-refractivity contribution in [2.24, 2.45) is 11.8 Å². The number of esters is 1. The van der Waals surface area contributed by atoms with Gasteiger partial charge in [0.25, 0.3) is 0 Å². The van der Waals surface area contributed by atoms with Crippen molar-refractivity contribution < 1.29 is 46.9 Å². The van der Waals surface area contributed by atoms with Gasteiger partial charge in [0.15, 0.2) is 0 Å². The van der Waals surface area contributed by atoms with Gasteiger partial charge in [-0.15, -0.1) is 0 Å². The number of aliphatic carboxylic acids is 1. The van der Waals surface area contributed by atoms with E-state index in [1.54, 1.807) is 27.0 Å². The van der Waals surface area contributed by atoms with Crippen LogP contribution in [0.3, 0.4) is 0 Å². The van der Waals surface area contributed by atoms with Crippen molar-refractivity contribution in [3.8, 4) is 16.9 Å². The molecule has 0 spiro atoms. The molecular weight excluding hydrogens is 545 g/mol. The predicted octanol–water partition coefficient (Wildman–Crippen LogP) is 3.85. The van der Waals surface area contributed by atoms with E-state index in [2.05, 4.69) is 5.32 Å². The number of carboxylic acid groups (broad SMARTS) is 1. The minimum atomic E-state index is -5.08. The SMILES string of the molecule is CCN1C(=O)C2C(c3ccc(-c4cccc(Cl)c4)c(OC)c3)N[C@@](C)(C(=O)OC)C2C1=O.O=C(O)C(F)(F)F. The summed E-state index contributed by atoms with van der Waals surface area (Å²) in [4.78, 5) is 49.0. The predicted molar refractivity (Wildman–Crippen MR) is 133 cm³/mol. The van der Waals surface area contributed by atoms with Gasteiger partial charge in [0.2, 0.25) is 11.8 Å². The first-order chi connectivity index (χ1) is 18.2. The number of benzene rings is 2. The number of halogens is 4. The standard InChI is InChI=1S/C24H25ClN2O5.C2HF3O2/c1-5-27-21(28)18-19(22(27)29)24(2,23(30)32-4)26-20(18)14-9-10-16(17(12-14)31-3)13-7-6-8-15(25)11-13;3-2(4,5)1(6)7/h6-12,18-20,26H,5H2,1-4H3;(H,6,7)/t18?,19?,20?,24-;/m1./s1. The number of alkyl halides is 3. The maximum atomic E-state index is 13.2. The van der Waals surface area contributed by atoms with Gasteiger partial charge >= 0.3 is 18.1 Å². The third-order valence-corrected chi connectivity index (χ3v) is 7.00. The number of ether oxygens (including phenoxy) is 2. The van der Waals surface area contributed by atoms with E-state index in [0.29, 0.717) is 10.8 Å². The highest BCUT2D eigenvalue weighted by atomic mass is 35.5. The molecule has 210 valence electrons. The van der Waals surface area contributed by atoms with E-state index in [0.717, 1.165) is 16.7 Å². The van der Waals surface area contributed by atoms with Gasteiger partial charge in [-0.1, -0.05) is 35.9 Å². The molecule has 2 aromatic carbocycles. The van der Waals surface area contributed by atoms with E-state index >= 15 is 0 Å². The molecule has 2 saturated heterocycles. The average molecular weight is 571 g/mol. The molecule has 2 aromatic rings. The summed E-state index contributed by atoms with van der Waals surface area (Å²) in [7, 11) is 2.85. The molecule has 0 aliphatic carbocycles. The summed E-state index contributed by atoms with van der Waals surface area (Å²) in [5.41, 5.74) is 1.16. The molecule has 13 heteroatoms. The zero-order valence-corrected chi connectivity index (χ0v) is 22.1. The molecule has 39 heavy (non-hydrogen) atoms. The molecular formula is C26H26ClF3N2O7. The quantitative estimate of drug-likeness (QED) is 0.411. The Labute approximate surface area is 226 Å². The van der Waals surface area contributed by atoms with Gasteiger partial charge in [-0.2, -0.15) is 13.2 Å². The molecule has 4 atom stereocenters. The summed E-state index contributed by atoms with van der Waals surface area (Å²) in [6.07, 6.45) is -5.08. The van der Waals surface area contributed by atoms with Gasteiger partial charge in [0.05, 0.1) is 26.1 Å². The Hall–Kier alpha value is -3.64. The second kappa shape index (κ2) is 11.2. The molecule has 2 amide bonds. The number of amides is 2. The van der Waals surface area contributed by atoms with Crippen LogP contribution >= 0.6 is 11.6 Å². The monoisotopic (exact) mass is 570 g/mol. The number of hydrogen-bond acceptors (Lipinski definition) is 7. The minimum Gasteiger partial charge on any atom is -0.496 e. The number of carboxylic acids is 1. The largest absolute Gasteiger partial charge is 0.496 e. The Morgan fingerprint density at radius 1 is 1.13 bits per heavy atom. The maximum Gasteiger partial charge on any atom is 0.490 e. The second-order valence-electron chi connectivity index (χ2n) is 9.01. The van der Waals surface area contributed by atoms with Crippen molar-refractivity contribution in [3.63, 3.8) is 0 Å². The lowest BCUT2D eigenvalue weighted by molar-refractivity contribution is -0.192. The zero-order valence-electron chi connectivity index (χ0n) is 21.3. The first-order valence-electron chi connectivity index (χ1n) is 11.7. The number of fused-ring (bicyclic) bond motifs is 1. The number of carbonyl (C=O) groups excluding carboxylic acids is 3. The number of methoxy groups -OCH3 is 2. The van der Waals surface area contributed by atoms with Crippen LogP contribution in [0.2, 0.25) is 5.02 Å². The van der Waals surface area contributed by atoms with Crippen molar-refractivity contribution >= 4 is 35.4 Å². The fourth-order valence-electron chi connectivity index (χ4n) is 4.99. The third kappa shape index (κ3) is 5.57. The number of carbonyl (C=O) groups is 4. The molecule has 2 N–H and O–H groups in total. The number of nitrogens with zero attached hydrogens (tertiary/aromatic N) is 1. The summed E-state index contributed by atoms with van der Waals surface area (Å²) in [5.74, 6) is -4.93. The number of likely N-dealkylation sites (tertiary alicyclic amines) is 1. The van der Waals surface area contributed by atoms with E-state index in [1.165, 1.54) is 12.0 Å². The van der Waals surface area contributed by atoms with Crippen LogP contribution in [0.4, 0.5) is 13.2 Å². The Bertz CT molecular complexity index is 1300. The van der Waals surface area contributed by atoms with Crippen LogP contribution < -0.4 is 10.1 Å². The van der Waals surface area contributed by atoms with Crippen molar-refractivity contribution in [2.45, 2.75) is 31.6 Å². The Balaban J connectivity index is 0.000000532. The lowest BCUT2D eigenvalue weighted by atomic mass is 9.80. The third-order valence-electron chi connectivity index (χ3n) is 6.77. The number of imide groups is 1. The van der Waals surface area contributed by atoms with Crippen LogP contribution in [0, 0.1) is 11.8 Å². The molecule has 0 aromatic heterocycles. The molecule has 2 heterocycles. The van der Waals surface area contributed by atoms with Gasteiger partial charge in [0, 0.05) is 23.2 Å².